The number of hydrogen-bond donors (Lipinski definition) is 1. The molecule has 6 heteroatoms. The number of rotatable bonds is 4. The molecule has 3 heterocycles. The fourth-order valence-corrected chi connectivity index (χ4v) is 4.13. The summed E-state index contributed by atoms with van der Waals surface area (Å²) in [6.45, 7) is 0. The van der Waals surface area contributed by atoms with E-state index in [0.717, 1.165) is 60.9 Å². The molecule has 1 unspecified atom stereocenters. The van der Waals surface area contributed by atoms with Crippen molar-refractivity contribution < 1.29 is 14.3 Å². The molecule has 0 saturated heterocycles. The average molecular weight is 341 g/mol. The predicted octanol–water partition coefficient (Wildman–Crippen LogP) is 2.62. The molecule has 0 bridgehead atoms. The molecule has 1 amide bonds. The van der Waals surface area contributed by atoms with E-state index in [1.165, 1.54) is 0 Å². The minimum absolute atomic E-state index is 0.0581. The van der Waals surface area contributed by atoms with Gasteiger partial charge in [-0.15, -0.1) is 0 Å². The maximum atomic E-state index is 11.3. The molecule has 6 nitrogen and oxygen atoms in total. The number of carbonyl (C=O) groups excluding carboxylic acids is 1. The molecule has 2 aromatic rings. The van der Waals surface area contributed by atoms with Crippen LogP contribution in [0.4, 0.5) is 0 Å². The first kappa shape index (κ1) is 16.1. The maximum Gasteiger partial charge on any atom is 0.220 e. The van der Waals surface area contributed by atoms with E-state index in [-0.39, 0.29) is 17.9 Å². The monoisotopic (exact) mass is 341 g/mol. The summed E-state index contributed by atoms with van der Waals surface area (Å²) in [6.07, 6.45) is 7.73. The van der Waals surface area contributed by atoms with E-state index in [2.05, 4.69) is 9.97 Å². The molecule has 132 valence electrons. The van der Waals surface area contributed by atoms with Gasteiger partial charge in [-0.3, -0.25) is 9.78 Å². The summed E-state index contributed by atoms with van der Waals surface area (Å²) in [7, 11) is 1.62. The molecule has 0 radical (unpaired) electrons. The van der Waals surface area contributed by atoms with Crippen molar-refractivity contribution in [2.24, 2.45) is 17.6 Å². The van der Waals surface area contributed by atoms with Crippen LogP contribution in [-0.4, -0.2) is 29.1 Å². The third-order valence-corrected chi connectivity index (χ3v) is 5.53. The van der Waals surface area contributed by atoms with Crippen LogP contribution < -0.4 is 15.2 Å². The van der Waals surface area contributed by atoms with E-state index in [0.29, 0.717) is 11.8 Å². The Labute approximate surface area is 146 Å². The lowest BCUT2D eigenvalue weighted by molar-refractivity contribution is -0.123. The molecule has 1 fully saturated rings. The van der Waals surface area contributed by atoms with Crippen molar-refractivity contribution in [3.8, 4) is 11.6 Å². The van der Waals surface area contributed by atoms with Gasteiger partial charge in [-0.25, -0.2) is 4.98 Å². The van der Waals surface area contributed by atoms with Crippen LogP contribution in [0, 0.1) is 11.8 Å². The Morgan fingerprint density at radius 2 is 2.12 bits per heavy atom. The van der Waals surface area contributed by atoms with Crippen LogP contribution in [0.2, 0.25) is 0 Å². The van der Waals surface area contributed by atoms with Gasteiger partial charge in [-0.1, -0.05) is 0 Å². The normalized spacial score (nSPS) is 25.4. The lowest BCUT2D eigenvalue weighted by atomic mass is 9.79. The van der Waals surface area contributed by atoms with Crippen LogP contribution >= 0.6 is 0 Å². The number of hydrogen-bond acceptors (Lipinski definition) is 5. The van der Waals surface area contributed by atoms with Gasteiger partial charge in [0.05, 0.1) is 24.3 Å². The molecular weight excluding hydrogens is 318 g/mol. The zero-order valence-electron chi connectivity index (χ0n) is 14.4. The molecule has 2 aromatic heterocycles. The van der Waals surface area contributed by atoms with Gasteiger partial charge in [0.15, 0.2) is 0 Å². The number of methoxy groups -OCH3 is 1. The van der Waals surface area contributed by atoms with Crippen molar-refractivity contribution >= 4 is 16.9 Å². The van der Waals surface area contributed by atoms with E-state index in [1.54, 1.807) is 13.3 Å². The molecule has 4 rings (SSSR count). The lowest BCUT2D eigenvalue weighted by Crippen LogP contribution is -2.29. The van der Waals surface area contributed by atoms with Gasteiger partial charge in [0.25, 0.3) is 0 Å². The summed E-state index contributed by atoms with van der Waals surface area (Å²) in [6, 6.07) is 3.76. The average Bonchev–Trinajstić information content (AvgIpc) is 3.04. The molecule has 0 aromatic carbocycles. The van der Waals surface area contributed by atoms with Gasteiger partial charge in [0.2, 0.25) is 11.8 Å². The van der Waals surface area contributed by atoms with Crippen LogP contribution in [-0.2, 0) is 11.2 Å². The van der Waals surface area contributed by atoms with Crippen molar-refractivity contribution in [2.75, 3.05) is 7.11 Å². The maximum absolute atomic E-state index is 11.3. The number of amides is 1. The zero-order chi connectivity index (χ0) is 17.4. The largest absolute Gasteiger partial charge is 0.488 e. The highest BCUT2D eigenvalue weighted by Gasteiger charge is 2.31. The summed E-state index contributed by atoms with van der Waals surface area (Å²) < 4.78 is 11.4. The van der Waals surface area contributed by atoms with Gasteiger partial charge in [-0.2, -0.15) is 0 Å². The summed E-state index contributed by atoms with van der Waals surface area (Å²) in [4.78, 5) is 20.3. The lowest BCUT2D eigenvalue weighted by Gasteiger charge is -2.28. The van der Waals surface area contributed by atoms with Gasteiger partial charge < -0.3 is 15.2 Å². The van der Waals surface area contributed by atoms with Crippen LogP contribution in [0.15, 0.2) is 18.3 Å². The van der Waals surface area contributed by atoms with Crippen LogP contribution in [0.25, 0.3) is 11.0 Å². The van der Waals surface area contributed by atoms with Crippen molar-refractivity contribution in [3.63, 3.8) is 0 Å². The number of carbonyl (C=O) groups is 1. The minimum atomic E-state index is -0.152. The fraction of sp³-hybridized carbons (Fsp3) is 0.526. The first-order chi connectivity index (χ1) is 12.1. The number of nitrogens with two attached hydrogens (primary N) is 1. The Kier molecular flexibility index (Phi) is 4.19. The SMILES string of the molecule is COc1ccc2ncc3c(c2n1)CC(C[C@H]1CC[C@H](C(N)=O)CC1)O3. The first-order valence-electron chi connectivity index (χ1n) is 8.92. The van der Waals surface area contributed by atoms with E-state index in [9.17, 15) is 4.79 Å². The summed E-state index contributed by atoms with van der Waals surface area (Å²) in [5.41, 5.74) is 8.29. The molecule has 2 aliphatic rings. The number of ether oxygens (including phenoxy) is 2. The van der Waals surface area contributed by atoms with Gasteiger partial charge in [0.1, 0.15) is 11.9 Å². The molecule has 25 heavy (non-hydrogen) atoms. The highest BCUT2D eigenvalue weighted by Crippen LogP contribution is 2.38. The highest BCUT2D eigenvalue weighted by molar-refractivity contribution is 5.81. The summed E-state index contributed by atoms with van der Waals surface area (Å²) in [5, 5.41) is 0. The van der Waals surface area contributed by atoms with Gasteiger partial charge in [-0.05, 0) is 44.1 Å². The topological polar surface area (TPSA) is 87.3 Å². The first-order valence-corrected chi connectivity index (χ1v) is 8.92. The minimum Gasteiger partial charge on any atom is -0.488 e. The van der Waals surface area contributed by atoms with Crippen LogP contribution in [0.1, 0.15) is 37.7 Å². The predicted molar refractivity (Wildman–Crippen MR) is 93.5 cm³/mol. The second kappa shape index (κ2) is 6.50. The third kappa shape index (κ3) is 3.13. The van der Waals surface area contributed by atoms with Crippen LogP contribution in [0.5, 0.6) is 11.6 Å². The van der Waals surface area contributed by atoms with Crippen molar-refractivity contribution in [1.82, 2.24) is 9.97 Å². The van der Waals surface area contributed by atoms with Crippen LogP contribution in [0.3, 0.4) is 0 Å². The van der Waals surface area contributed by atoms with Crippen molar-refractivity contribution in [3.05, 3.63) is 23.9 Å². The van der Waals surface area contributed by atoms with E-state index < -0.39 is 0 Å². The number of pyridine rings is 2. The molecule has 1 aliphatic carbocycles. The fourth-order valence-electron chi connectivity index (χ4n) is 4.13. The molecule has 2 N–H and O–H groups in total. The molecular formula is C19H23N3O3. The Balaban J connectivity index is 1.46. The van der Waals surface area contributed by atoms with E-state index >= 15 is 0 Å². The Hall–Kier alpha value is -2.37. The van der Waals surface area contributed by atoms with Crippen molar-refractivity contribution in [1.29, 1.82) is 0 Å². The van der Waals surface area contributed by atoms with E-state index in [1.807, 2.05) is 12.1 Å². The van der Waals surface area contributed by atoms with Gasteiger partial charge in [0, 0.05) is 24.0 Å². The number of fused-ring (bicyclic) bond motifs is 3. The molecule has 1 aliphatic heterocycles. The number of nitrogens with zero attached hydrogens (tertiary/aromatic N) is 2. The summed E-state index contributed by atoms with van der Waals surface area (Å²) >= 11 is 0. The highest BCUT2D eigenvalue weighted by atomic mass is 16.5. The Bertz CT molecular complexity index is 800. The molecule has 1 atom stereocenters. The number of aromatic nitrogens is 2. The third-order valence-electron chi connectivity index (χ3n) is 5.53. The second-order valence-corrected chi connectivity index (χ2v) is 7.12. The molecule has 1 saturated carbocycles. The van der Waals surface area contributed by atoms with Crippen molar-refractivity contribution in [2.45, 2.75) is 44.6 Å². The number of primary amides is 1. The smallest absolute Gasteiger partial charge is 0.220 e. The standard InChI is InChI=1S/C19H23N3O3/c1-24-17-7-6-15-18(22-17)14-9-13(25-16(14)10-21-15)8-11-2-4-12(5-3-11)19(20)23/h6-7,10-13H,2-5,8-9H2,1H3,(H2,20,23)/t11-,12-,13?. The second-order valence-electron chi connectivity index (χ2n) is 7.12. The van der Waals surface area contributed by atoms with Gasteiger partial charge >= 0.3 is 0 Å². The summed E-state index contributed by atoms with van der Waals surface area (Å²) in [5.74, 6) is 1.93. The quantitative estimate of drug-likeness (QED) is 0.923. The Morgan fingerprint density at radius 3 is 2.84 bits per heavy atom. The zero-order valence-corrected chi connectivity index (χ0v) is 14.4. The molecule has 0 spiro atoms. The van der Waals surface area contributed by atoms with E-state index in [4.69, 9.17) is 15.2 Å². The Morgan fingerprint density at radius 1 is 1.32 bits per heavy atom.